The van der Waals surface area contributed by atoms with Crippen LogP contribution in [0.3, 0.4) is 0 Å². The number of carbonyl (C=O) groups is 1. The maximum Gasteiger partial charge on any atom is 0.416 e. The summed E-state index contributed by atoms with van der Waals surface area (Å²) in [7, 11) is 0. The first-order chi connectivity index (χ1) is 15.7. The lowest BCUT2D eigenvalue weighted by Crippen LogP contribution is -2.28. The first-order valence-electron chi connectivity index (χ1n) is 9.83. The van der Waals surface area contributed by atoms with Crippen molar-refractivity contribution >= 4 is 28.5 Å². The Morgan fingerprint density at radius 1 is 1.12 bits per heavy atom. The summed E-state index contributed by atoms with van der Waals surface area (Å²) in [5, 5.41) is 7.58. The molecule has 0 unspecified atom stereocenters. The molecule has 1 amide bonds. The molecule has 0 saturated heterocycles. The number of nitrogens with zero attached hydrogens (tertiary/aromatic N) is 4. The maximum absolute atomic E-state index is 12.8. The first-order valence-corrected chi connectivity index (χ1v) is 10.2. The van der Waals surface area contributed by atoms with E-state index < -0.39 is 17.6 Å². The lowest BCUT2D eigenvalue weighted by molar-refractivity contribution is -0.137. The quantitative estimate of drug-likeness (QED) is 0.460. The number of nitrogens with one attached hydrogen (secondary N) is 1. The minimum absolute atomic E-state index is 0.0825. The second kappa shape index (κ2) is 9.07. The highest BCUT2D eigenvalue weighted by atomic mass is 35.5. The van der Waals surface area contributed by atoms with E-state index in [1.165, 1.54) is 33.9 Å². The minimum atomic E-state index is -4.53. The number of hydrogen-bond donors (Lipinski definition) is 1. The number of benzene rings is 2. The van der Waals surface area contributed by atoms with Crippen molar-refractivity contribution in [1.29, 1.82) is 0 Å². The number of fused-ring (bicyclic) bond motifs is 1. The van der Waals surface area contributed by atoms with Gasteiger partial charge in [-0.05, 0) is 35.9 Å². The van der Waals surface area contributed by atoms with E-state index in [0.29, 0.717) is 22.6 Å². The molecule has 0 aliphatic carbocycles. The van der Waals surface area contributed by atoms with Crippen LogP contribution in [0.4, 0.5) is 13.2 Å². The largest absolute Gasteiger partial charge is 0.416 e. The van der Waals surface area contributed by atoms with Gasteiger partial charge in [-0.1, -0.05) is 29.8 Å². The average molecular weight is 476 g/mol. The fraction of sp³-hybridized carbons (Fsp3) is 0.182. The van der Waals surface area contributed by atoms with Crippen LogP contribution in [-0.2, 0) is 19.3 Å². The Morgan fingerprint density at radius 3 is 2.67 bits per heavy atom. The lowest BCUT2D eigenvalue weighted by atomic mass is 10.1. The zero-order chi connectivity index (χ0) is 23.6. The molecule has 0 bridgehead atoms. The van der Waals surface area contributed by atoms with Gasteiger partial charge in [-0.15, -0.1) is 0 Å². The molecule has 0 radical (unpaired) electrons. The summed E-state index contributed by atoms with van der Waals surface area (Å²) < 4.78 is 41.4. The van der Waals surface area contributed by atoms with E-state index in [2.05, 4.69) is 15.4 Å². The molecule has 0 spiro atoms. The summed E-state index contributed by atoms with van der Waals surface area (Å²) in [5.74, 6) is -0.644. The number of alkyl halides is 3. The highest BCUT2D eigenvalue weighted by Gasteiger charge is 2.30. The lowest BCUT2D eigenvalue weighted by Gasteiger charge is -2.10. The van der Waals surface area contributed by atoms with Gasteiger partial charge in [0.2, 0.25) is 0 Å². The van der Waals surface area contributed by atoms with Gasteiger partial charge in [-0.3, -0.25) is 14.2 Å². The summed E-state index contributed by atoms with van der Waals surface area (Å²) in [4.78, 5) is 29.3. The van der Waals surface area contributed by atoms with Crippen molar-refractivity contribution in [3.63, 3.8) is 0 Å². The third kappa shape index (κ3) is 5.06. The van der Waals surface area contributed by atoms with Gasteiger partial charge in [-0.25, -0.2) is 9.67 Å². The predicted octanol–water partition coefficient (Wildman–Crippen LogP) is 3.74. The van der Waals surface area contributed by atoms with Gasteiger partial charge in [0.05, 0.1) is 24.8 Å². The van der Waals surface area contributed by atoms with Crippen LogP contribution in [-0.4, -0.2) is 31.8 Å². The van der Waals surface area contributed by atoms with Gasteiger partial charge in [0.1, 0.15) is 11.7 Å². The summed E-state index contributed by atoms with van der Waals surface area (Å²) in [6.45, 7) is 0.554. The second-order valence-corrected chi connectivity index (χ2v) is 7.68. The molecule has 1 N–H and O–H groups in total. The SMILES string of the molecule is O=C(NCCn1ncc2c(=O)n(Cc3cccc(Cl)c3)cnc21)c1cccc(C(F)(F)F)c1. The number of carbonyl (C=O) groups excluding carboxylic acids is 1. The predicted molar refractivity (Wildman–Crippen MR) is 116 cm³/mol. The van der Waals surface area contributed by atoms with Crippen molar-refractivity contribution < 1.29 is 18.0 Å². The molecule has 2 aromatic carbocycles. The Kier molecular flexibility index (Phi) is 6.19. The molecule has 0 aliphatic rings. The van der Waals surface area contributed by atoms with Gasteiger partial charge < -0.3 is 5.32 Å². The first kappa shape index (κ1) is 22.5. The number of hydrogen-bond acceptors (Lipinski definition) is 4. The van der Waals surface area contributed by atoms with E-state index in [9.17, 15) is 22.8 Å². The molecular formula is C22H17ClF3N5O2. The highest BCUT2D eigenvalue weighted by molar-refractivity contribution is 6.30. The summed E-state index contributed by atoms with van der Waals surface area (Å²) in [6.07, 6.45) is -1.73. The molecule has 0 atom stereocenters. The van der Waals surface area contributed by atoms with E-state index in [0.717, 1.165) is 17.7 Å². The topological polar surface area (TPSA) is 81.8 Å². The van der Waals surface area contributed by atoms with Gasteiger partial charge in [0.25, 0.3) is 11.5 Å². The molecule has 170 valence electrons. The Labute approximate surface area is 190 Å². The Bertz CT molecular complexity index is 1380. The minimum Gasteiger partial charge on any atom is -0.350 e. The number of rotatable bonds is 6. The molecule has 4 aromatic rings. The number of aromatic nitrogens is 4. The fourth-order valence-electron chi connectivity index (χ4n) is 3.32. The van der Waals surface area contributed by atoms with Crippen LogP contribution >= 0.6 is 11.6 Å². The molecule has 11 heteroatoms. The van der Waals surface area contributed by atoms with Gasteiger partial charge in [0.15, 0.2) is 5.65 Å². The molecule has 0 fully saturated rings. The van der Waals surface area contributed by atoms with Crippen molar-refractivity contribution in [2.45, 2.75) is 19.3 Å². The third-order valence-corrected chi connectivity index (χ3v) is 5.16. The van der Waals surface area contributed by atoms with Crippen molar-refractivity contribution in [3.8, 4) is 0 Å². The molecule has 0 aliphatic heterocycles. The molecule has 0 saturated carbocycles. The average Bonchev–Trinajstić information content (AvgIpc) is 3.19. The van der Waals surface area contributed by atoms with Crippen LogP contribution < -0.4 is 10.9 Å². The monoisotopic (exact) mass is 475 g/mol. The van der Waals surface area contributed by atoms with Crippen LogP contribution in [0.25, 0.3) is 11.0 Å². The maximum atomic E-state index is 12.8. The van der Waals surface area contributed by atoms with E-state index in [-0.39, 0.29) is 24.2 Å². The molecule has 4 rings (SSSR count). The van der Waals surface area contributed by atoms with Crippen LogP contribution in [0, 0.1) is 0 Å². The summed E-state index contributed by atoms with van der Waals surface area (Å²) in [6, 6.07) is 11.3. The highest BCUT2D eigenvalue weighted by Crippen LogP contribution is 2.29. The summed E-state index contributed by atoms with van der Waals surface area (Å²) >= 11 is 5.99. The van der Waals surface area contributed by atoms with Crippen LogP contribution in [0.1, 0.15) is 21.5 Å². The van der Waals surface area contributed by atoms with Gasteiger partial charge >= 0.3 is 6.18 Å². The Morgan fingerprint density at radius 2 is 1.91 bits per heavy atom. The van der Waals surface area contributed by atoms with Crippen LogP contribution in [0.2, 0.25) is 5.02 Å². The zero-order valence-corrected chi connectivity index (χ0v) is 17.8. The molecular weight excluding hydrogens is 459 g/mol. The van der Waals surface area contributed by atoms with Gasteiger partial charge in [-0.2, -0.15) is 18.3 Å². The van der Waals surface area contributed by atoms with E-state index in [4.69, 9.17) is 11.6 Å². The van der Waals surface area contributed by atoms with Gasteiger partial charge in [0, 0.05) is 17.1 Å². The molecule has 7 nitrogen and oxygen atoms in total. The van der Waals surface area contributed by atoms with Crippen LogP contribution in [0.5, 0.6) is 0 Å². The van der Waals surface area contributed by atoms with E-state index in [1.807, 2.05) is 6.07 Å². The second-order valence-electron chi connectivity index (χ2n) is 7.25. The van der Waals surface area contributed by atoms with Crippen LogP contribution in [0.15, 0.2) is 65.8 Å². The van der Waals surface area contributed by atoms with Crippen molar-refractivity contribution in [1.82, 2.24) is 24.6 Å². The van der Waals surface area contributed by atoms with E-state index in [1.54, 1.807) is 18.2 Å². The summed E-state index contributed by atoms with van der Waals surface area (Å²) in [5.41, 5.74) is -0.0889. The number of amides is 1. The molecule has 2 heterocycles. The van der Waals surface area contributed by atoms with E-state index >= 15 is 0 Å². The molecule has 2 aromatic heterocycles. The fourth-order valence-corrected chi connectivity index (χ4v) is 3.53. The zero-order valence-electron chi connectivity index (χ0n) is 17.0. The molecule has 33 heavy (non-hydrogen) atoms. The smallest absolute Gasteiger partial charge is 0.350 e. The van der Waals surface area contributed by atoms with Crippen molar-refractivity contribution in [2.24, 2.45) is 0 Å². The third-order valence-electron chi connectivity index (χ3n) is 4.93. The number of halogens is 4. The Hall–Kier alpha value is -3.66. The van der Waals surface area contributed by atoms with Crippen molar-refractivity contribution in [3.05, 3.63) is 93.1 Å². The Balaban J connectivity index is 1.44. The van der Waals surface area contributed by atoms with Crippen molar-refractivity contribution in [2.75, 3.05) is 6.54 Å². The normalized spacial score (nSPS) is 11.6. The standard InChI is InChI=1S/C22H17ClF3N5O2/c23-17-6-1-3-14(9-17)12-30-13-28-19-18(21(30)33)11-29-31(19)8-7-27-20(32)15-4-2-5-16(10-15)22(24,25)26/h1-6,9-11,13H,7-8,12H2,(H,27,32).